The van der Waals surface area contributed by atoms with Crippen molar-refractivity contribution in [1.82, 2.24) is 9.62 Å². The molecule has 0 aromatic heterocycles. The molecule has 0 aliphatic carbocycles. The van der Waals surface area contributed by atoms with Crippen LogP contribution in [0.25, 0.3) is 0 Å². The van der Waals surface area contributed by atoms with Crippen LogP contribution in [0.15, 0.2) is 72.1 Å². The van der Waals surface area contributed by atoms with Crippen molar-refractivity contribution in [2.75, 3.05) is 5.32 Å². The summed E-state index contributed by atoms with van der Waals surface area (Å²) < 4.78 is 28.8. The Kier molecular flexibility index (Phi) is 7.33. The number of carbonyl (C=O) groups is 2. The van der Waals surface area contributed by atoms with Gasteiger partial charge in [-0.1, -0.05) is 36.9 Å². The predicted molar refractivity (Wildman–Crippen MR) is 134 cm³/mol. The fourth-order valence-electron chi connectivity index (χ4n) is 4.79. The Morgan fingerprint density at radius 1 is 1.06 bits per heavy atom. The molecule has 7 nitrogen and oxygen atoms in total. The molecule has 1 heterocycles. The lowest BCUT2D eigenvalue weighted by Crippen LogP contribution is -2.56. The third-order valence-corrected chi connectivity index (χ3v) is 8.60. The van der Waals surface area contributed by atoms with Crippen molar-refractivity contribution in [3.63, 3.8) is 0 Å². The van der Waals surface area contributed by atoms with Crippen LogP contribution in [0.2, 0.25) is 0 Å². The van der Waals surface area contributed by atoms with Crippen molar-refractivity contribution in [1.29, 1.82) is 0 Å². The van der Waals surface area contributed by atoms with Gasteiger partial charge in [0.15, 0.2) is 0 Å². The first-order chi connectivity index (χ1) is 15.9. The molecule has 1 atom stereocenters. The minimum Gasteiger partial charge on any atom is -0.348 e. The van der Waals surface area contributed by atoms with E-state index in [1.54, 1.807) is 12.1 Å². The van der Waals surface area contributed by atoms with E-state index in [2.05, 4.69) is 17.2 Å². The number of sulfonamides is 1. The standard InChI is InChI=1S/C26H33N3O4S/c1-6-23(30)28-22-18-25(2,3)29(26(22,4)5)34(32,33)21-15-13-20(14-16-21)27-24(31)17-12-19-10-8-7-9-11-19/h6-11,13-16,22H,1,12,17-18H2,2-5H3,(H,27,31)(H,28,30). The SMILES string of the molecule is C=CC(=O)NC1CC(C)(C)N(S(=O)(=O)c2ccc(NC(=O)CCc3ccccc3)cc2)C1(C)C. The Bertz CT molecular complexity index is 1160. The fourth-order valence-corrected chi connectivity index (χ4v) is 6.95. The van der Waals surface area contributed by atoms with Crippen molar-refractivity contribution in [3.05, 3.63) is 72.8 Å². The van der Waals surface area contributed by atoms with Gasteiger partial charge in [-0.25, -0.2) is 8.42 Å². The maximum absolute atomic E-state index is 13.7. The zero-order chi connectivity index (χ0) is 25.1. The molecule has 2 amide bonds. The van der Waals surface area contributed by atoms with E-state index in [0.717, 1.165) is 5.56 Å². The minimum atomic E-state index is -3.88. The smallest absolute Gasteiger partial charge is 0.244 e. The summed E-state index contributed by atoms with van der Waals surface area (Å²) in [7, 11) is -3.88. The third kappa shape index (κ3) is 5.39. The maximum atomic E-state index is 13.7. The van der Waals surface area contributed by atoms with Gasteiger partial charge in [0.1, 0.15) is 0 Å². The summed E-state index contributed by atoms with van der Waals surface area (Å²) >= 11 is 0. The van der Waals surface area contributed by atoms with Gasteiger partial charge in [-0.05, 0) is 76.4 Å². The summed E-state index contributed by atoms with van der Waals surface area (Å²) in [5.74, 6) is -0.470. The van der Waals surface area contributed by atoms with Gasteiger partial charge in [0.2, 0.25) is 21.8 Å². The van der Waals surface area contributed by atoms with Crippen molar-refractivity contribution < 1.29 is 18.0 Å². The van der Waals surface area contributed by atoms with Crippen LogP contribution in [-0.2, 0) is 26.0 Å². The second-order valence-electron chi connectivity index (χ2n) is 9.76. The van der Waals surface area contributed by atoms with Crippen LogP contribution in [0.5, 0.6) is 0 Å². The van der Waals surface area contributed by atoms with E-state index in [1.807, 2.05) is 58.0 Å². The number of amides is 2. The number of hydrogen-bond donors (Lipinski definition) is 2. The van der Waals surface area contributed by atoms with Crippen molar-refractivity contribution in [2.45, 2.75) is 69.0 Å². The molecule has 0 spiro atoms. The first-order valence-electron chi connectivity index (χ1n) is 11.3. The normalized spacial score (nSPS) is 19.4. The number of nitrogens with zero attached hydrogens (tertiary/aromatic N) is 1. The highest BCUT2D eigenvalue weighted by Gasteiger charge is 2.57. The first kappa shape index (κ1) is 25.6. The molecule has 0 radical (unpaired) electrons. The molecule has 34 heavy (non-hydrogen) atoms. The van der Waals surface area contributed by atoms with E-state index in [-0.39, 0.29) is 22.8 Å². The number of aryl methyl sites for hydroxylation is 1. The van der Waals surface area contributed by atoms with E-state index in [9.17, 15) is 18.0 Å². The van der Waals surface area contributed by atoms with E-state index >= 15 is 0 Å². The zero-order valence-electron chi connectivity index (χ0n) is 20.2. The average Bonchev–Trinajstić information content (AvgIpc) is 2.96. The Morgan fingerprint density at radius 3 is 2.26 bits per heavy atom. The van der Waals surface area contributed by atoms with Gasteiger partial charge in [0.25, 0.3) is 0 Å². The Balaban J connectivity index is 1.74. The number of anilines is 1. The van der Waals surface area contributed by atoms with Crippen LogP contribution in [0.4, 0.5) is 5.69 Å². The molecule has 2 N–H and O–H groups in total. The maximum Gasteiger partial charge on any atom is 0.244 e. The highest BCUT2D eigenvalue weighted by atomic mass is 32.2. The Labute approximate surface area is 202 Å². The lowest BCUT2D eigenvalue weighted by Gasteiger charge is -2.40. The summed E-state index contributed by atoms with van der Waals surface area (Å²) in [5.41, 5.74) is 0.0440. The van der Waals surface area contributed by atoms with Crippen LogP contribution in [-0.4, -0.2) is 41.7 Å². The van der Waals surface area contributed by atoms with Gasteiger partial charge in [0, 0.05) is 23.7 Å². The van der Waals surface area contributed by atoms with Crippen LogP contribution >= 0.6 is 0 Å². The molecule has 1 fully saturated rings. The summed E-state index contributed by atoms with van der Waals surface area (Å²) in [5, 5.41) is 5.70. The second kappa shape index (κ2) is 9.72. The summed E-state index contributed by atoms with van der Waals surface area (Å²) in [6.07, 6.45) is 2.61. The molecule has 1 unspecified atom stereocenters. The topological polar surface area (TPSA) is 95.6 Å². The van der Waals surface area contributed by atoms with Crippen LogP contribution in [0.3, 0.4) is 0 Å². The van der Waals surface area contributed by atoms with Gasteiger partial charge in [-0.15, -0.1) is 0 Å². The van der Waals surface area contributed by atoms with Gasteiger partial charge >= 0.3 is 0 Å². The molecule has 2 aromatic carbocycles. The highest BCUT2D eigenvalue weighted by molar-refractivity contribution is 7.89. The van der Waals surface area contributed by atoms with E-state index in [4.69, 9.17) is 0 Å². The van der Waals surface area contributed by atoms with Crippen molar-refractivity contribution in [3.8, 4) is 0 Å². The van der Waals surface area contributed by atoms with Crippen molar-refractivity contribution >= 4 is 27.5 Å². The summed E-state index contributed by atoms with van der Waals surface area (Å²) in [6, 6.07) is 15.6. The average molecular weight is 484 g/mol. The predicted octanol–water partition coefficient (Wildman–Crippen LogP) is 3.88. The number of benzene rings is 2. The quantitative estimate of drug-likeness (QED) is 0.557. The Hall–Kier alpha value is -2.97. The number of hydrogen-bond acceptors (Lipinski definition) is 4. The molecule has 0 saturated carbocycles. The molecule has 1 aliphatic rings. The summed E-state index contributed by atoms with van der Waals surface area (Å²) in [4.78, 5) is 24.4. The second-order valence-corrected chi connectivity index (χ2v) is 11.5. The zero-order valence-corrected chi connectivity index (χ0v) is 21.0. The number of carbonyl (C=O) groups excluding carboxylic acids is 2. The van der Waals surface area contributed by atoms with E-state index in [1.165, 1.54) is 22.5 Å². The number of nitrogens with one attached hydrogen (secondary N) is 2. The van der Waals surface area contributed by atoms with Gasteiger partial charge in [0.05, 0.1) is 10.4 Å². The third-order valence-electron chi connectivity index (χ3n) is 6.29. The molecule has 1 aliphatic heterocycles. The Morgan fingerprint density at radius 2 is 1.68 bits per heavy atom. The van der Waals surface area contributed by atoms with Crippen LogP contribution < -0.4 is 10.6 Å². The van der Waals surface area contributed by atoms with Gasteiger partial charge < -0.3 is 10.6 Å². The highest BCUT2D eigenvalue weighted by Crippen LogP contribution is 2.44. The fraction of sp³-hybridized carbons (Fsp3) is 0.385. The monoisotopic (exact) mass is 483 g/mol. The lowest BCUT2D eigenvalue weighted by atomic mass is 9.94. The molecule has 8 heteroatoms. The number of rotatable bonds is 8. The molecule has 3 rings (SSSR count). The molecule has 2 aromatic rings. The van der Waals surface area contributed by atoms with Gasteiger partial charge in [-0.3, -0.25) is 9.59 Å². The van der Waals surface area contributed by atoms with Crippen LogP contribution in [0, 0.1) is 0 Å². The van der Waals surface area contributed by atoms with Crippen molar-refractivity contribution in [2.24, 2.45) is 0 Å². The van der Waals surface area contributed by atoms with E-state index in [0.29, 0.717) is 24.9 Å². The first-order valence-corrected chi connectivity index (χ1v) is 12.7. The molecule has 182 valence electrons. The molecular formula is C26H33N3O4S. The van der Waals surface area contributed by atoms with Gasteiger partial charge in [-0.2, -0.15) is 4.31 Å². The molecular weight excluding hydrogens is 450 g/mol. The largest absolute Gasteiger partial charge is 0.348 e. The summed E-state index contributed by atoms with van der Waals surface area (Å²) in [6.45, 7) is 10.8. The minimum absolute atomic E-state index is 0.131. The van der Waals surface area contributed by atoms with Crippen LogP contribution in [0.1, 0.15) is 46.1 Å². The lowest BCUT2D eigenvalue weighted by molar-refractivity contribution is -0.117. The molecule has 0 bridgehead atoms. The molecule has 1 saturated heterocycles. The van der Waals surface area contributed by atoms with E-state index < -0.39 is 21.1 Å².